The van der Waals surface area contributed by atoms with Gasteiger partial charge in [-0.05, 0) is 43.1 Å². The second kappa shape index (κ2) is 6.88. The largest absolute Gasteiger partial charge is 0.310 e. The fourth-order valence-corrected chi connectivity index (χ4v) is 2.56. The van der Waals surface area contributed by atoms with Gasteiger partial charge in [-0.1, -0.05) is 64.8 Å². The molecule has 2 aromatic carbocycles. The maximum atomic E-state index is 3.58. The van der Waals surface area contributed by atoms with E-state index in [9.17, 15) is 0 Å². The van der Waals surface area contributed by atoms with E-state index in [1.165, 1.54) is 16.7 Å². The fourth-order valence-electron chi connectivity index (χ4n) is 2.30. The van der Waals surface area contributed by atoms with Crippen LogP contribution in [-0.4, -0.2) is 6.54 Å². The van der Waals surface area contributed by atoms with Crippen molar-refractivity contribution in [1.82, 2.24) is 5.32 Å². The molecule has 0 bridgehead atoms. The van der Waals surface area contributed by atoms with Gasteiger partial charge >= 0.3 is 0 Å². The van der Waals surface area contributed by atoms with E-state index >= 15 is 0 Å². The fraction of sp³-hybridized carbons (Fsp3) is 0.294. The Kier molecular flexibility index (Phi) is 5.17. The van der Waals surface area contributed by atoms with Crippen LogP contribution in [0.25, 0.3) is 0 Å². The molecule has 0 saturated heterocycles. The Labute approximate surface area is 124 Å². The van der Waals surface area contributed by atoms with E-state index < -0.39 is 0 Å². The van der Waals surface area contributed by atoms with Crippen LogP contribution in [0.4, 0.5) is 0 Å². The van der Waals surface area contributed by atoms with Crippen LogP contribution in [0.1, 0.15) is 29.7 Å². The normalized spacial score (nSPS) is 12.4. The summed E-state index contributed by atoms with van der Waals surface area (Å²) in [4.78, 5) is 0. The Hall–Kier alpha value is -1.12. The molecule has 0 aliphatic heterocycles. The van der Waals surface area contributed by atoms with Crippen molar-refractivity contribution in [3.05, 3.63) is 69.7 Å². The van der Waals surface area contributed by atoms with E-state index in [2.05, 4.69) is 83.6 Å². The minimum Gasteiger partial charge on any atom is -0.310 e. The van der Waals surface area contributed by atoms with Gasteiger partial charge in [0.2, 0.25) is 0 Å². The summed E-state index contributed by atoms with van der Waals surface area (Å²) in [5.74, 6) is 0. The zero-order valence-corrected chi connectivity index (χ0v) is 13.1. The second-order valence-corrected chi connectivity index (χ2v) is 5.77. The zero-order chi connectivity index (χ0) is 13.7. The molecule has 0 aliphatic rings. The molecule has 0 heterocycles. The monoisotopic (exact) mass is 317 g/mol. The van der Waals surface area contributed by atoms with E-state index in [1.54, 1.807) is 0 Å². The minimum atomic E-state index is 0.381. The number of hydrogen-bond donors (Lipinski definition) is 1. The second-order valence-electron chi connectivity index (χ2n) is 4.85. The summed E-state index contributed by atoms with van der Waals surface area (Å²) in [7, 11) is 0. The van der Waals surface area contributed by atoms with Crippen LogP contribution >= 0.6 is 15.9 Å². The first-order chi connectivity index (χ1) is 9.19. The standard InChI is InChI=1S/C17H20BrN/c1-3-19-17(15-6-4-5-13(2)11-15)12-14-7-9-16(18)10-8-14/h4-11,17,19H,3,12H2,1-2H3. The van der Waals surface area contributed by atoms with Gasteiger partial charge in [-0.15, -0.1) is 0 Å². The van der Waals surface area contributed by atoms with Crippen LogP contribution in [0.3, 0.4) is 0 Å². The highest BCUT2D eigenvalue weighted by atomic mass is 79.9. The van der Waals surface area contributed by atoms with E-state index in [0.717, 1.165) is 17.4 Å². The van der Waals surface area contributed by atoms with Crippen molar-refractivity contribution in [3.63, 3.8) is 0 Å². The average Bonchev–Trinajstić information content (AvgIpc) is 2.41. The molecular weight excluding hydrogens is 298 g/mol. The third-order valence-corrected chi connectivity index (χ3v) is 3.78. The molecule has 1 N–H and O–H groups in total. The van der Waals surface area contributed by atoms with Crippen LogP contribution in [0.15, 0.2) is 53.0 Å². The SMILES string of the molecule is CCNC(Cc1ccc(Br)cc1)c1cccc(C)c1. The van der Waals surface area contributed by atoms with E-state index in [1.807, 2.05) is 0 Å². The summed E-state index contributed by atoms with van der Waals surface area (Å²) in [6.07, 6.45) is 1.02. The third kappa shape index (κ3) is 4.19. The van der Waals surface area contributed by atoms with Crippen molar-refractivity contribution < 1.29 is 0 Å². The summed E-state index contributed by atoms with van der Waals surface area (Å²) in [5, 5.41) is 3.58. The summed E-state index contributed by atoms with van der Waals surface area (Å²) in [6, 6.07) is 17.7. The highest BCUT2D eigenvalue weighted by Gasteiger charge is 2.11. The molecule has 100 valence electrons. The van der Waals surface area contributed by atoms with Gasteiger partial charge < -0.3 is 5.32 Å². The Morgan fingerprint density at radius 1 is 1.11 bits per heavy atom. The van der Waals surface area contributed by atoms with Gasteiger partial charge in [-0.3, -0.25) is 0 Å². The van der Waals surface area contributed by atoms with Crippen molar-refractivity contribution >= 4 is 15.9 Å². The Morgan fingerprint density at radius 3 is 2.47 bits per heavy atom. The molecule has 0 radical (unpaired) electrons. The van der Waals surface area contributed by atoms with Gasteiger partial charge in [0.1, 0.15) is 0 Å². The number of likely N-dealkylation sites (N-methyl/N-ethyl adjacent to an activating group) is 1. The highest BCUT2D eigenvalue weighted by Crippen LogP contribution is 2.20. The molecular formula is C17H20BrN. The van der Waals surface area contributed by atoms with Crippen molar-refractivity contribution in [3.8, 4) is 0 Å². The quantitative estimate of drug-likeness (QED) is 0.846. The first kappa shape index (κ1) is 14.3. The van der Waals surface area contributed by atoms with Gasteiger partial charge in [0.15, 0.2) is 0 Å². The molecule has 0 fully saturated rings. The highest BCUT2D eigenvalue weighted by molar-refractivity contribution is 9.10. The molecule has 0 aromatic heterocycles. The maximum Gasteiger partial charge on any atom is 0.0360 e. The van der Waals surface area contributed by atoms with Crippen LogP contribution in [0, 0.1) is 6.92 Å². The number of nitrogens with one attached hydrogen (secondary N) is 1. The number of hydrogen-bond acceptors (Lipinski definition) is 1. The number of rotatable bonds is 5. The molecule has 1 unspecified atom stereocenters. The lowest BCUT2D eigenvalue weighted by Crippen LogP contribution is -2.23. The van der Waals surface area contributed by atoms with Gasteiger partial charge in [0.25, 0.3) is 0 Å². The van der Waals surface area contributed by atoms with Gasteiger partial charge in [0, 0.05) is 10.5 Å². The van der Waals surface area contributed by atoms with Crippen LogP contribution in [-0.2, 0) is 6.42 Å². The van der Waals surface area contributed by atoms with Crippen LogP contribution in [0.5, 0.6) is 0 Å². The molecule has 0 amide bonds. The van der Waals surface area contributed by atoms with E-state index in [0.29, 0.717) is 6.04 Å². The van der Waals surface area contributed by atoms with Crippen LogP contribution < -0.4 is 5.32 Å². The summed E-state index contributed by atoms with van der Waals surface area (Å²) in [5.41, 5.74) is 4.04. The molecule has 0 aliphatic carbocycles. The van der Waals surface area contributed by atoms with Crippen molar-refractivity contribution in [2.75, 3.05) is 6.54 Å². The lowest BCUT2D eigenvalue weighted by molar-refractivity contribution is 0.549. The van der Waals surface area contributed by atoms with Crippen LogP contribution in [0.2, 0.25) is 0 Å². The molecule has 2 heteroatoms. The van der Waals surface area contributed by atoms with Gasteiger partial charge in [0.05, 0.1) is 0 Å². The summed E-state index contributed by atoms with van der Waals surface area (Å²) in [6.45, 7) is 5.28. The predicted molar refractivity (Wildman–Crippen MR) is 85.4 cm³/mol. The number of benzene rings is 2. The van der Waals surface area contributed by atoms with Crippen molar-refractivity contribution in [2.24, 2.45) is 0 Å². The molecule has 2 rings (SSSR count). The maximum absolute atomic E-state index is 3.58. The van der Waals surface area contributed by atoms with E-state index in [-0.39, 0.29) is 0 Å². The number of aryl methyl sites for hydroxylation is 1. The Morgan fingerprint density at radius 2 is 1.84 bits per heavy atom. The molecule has 0 saturated carbocycles. The Balaban J connectivity index is 2.18. The zero-order valence-electron chi connectivity index (χ0n) is 11.5. The summed E-state index contributed by atoms with van der Waals surface area (Å²) >= 11 is 3.48. The third-order valence-electron chi connectivity index (χ3n) is 3.25. The predicted octanol–water partition coefficient (Wildman–Crippen LogP) is 4.65. The first-order valence-electron chi connectivity index (χ1n) is 6.73. The minimum absolute atomic E-state index is 0.381. The average molecular weight is 318 g/mol. The lowest BCUT2D eigenvalue weighted by Gasteiger charge is -2.19. The van der Waals surface area contributed by atoms with Gasteiger partial charge in [-0.25, -0.2) is 0 Å². The van der Waals surface area contributed by atoms with Crippen molar-refractivity contribution in [2.45, 2.75) is 26.3 Å². The van der Waals surface area contributed by atoms with Gasteiger partial charge in [-0.2, -0.15) is 0 Å². The molecule has 2 aromatic rings. The first-order valence-corrected chi connectivity index (χ1v) is 7.52. The lowest BCUT2D eigenvalue weighted by atomic mass is 9.97. The molecule has 1 atom stereocenters. The van der Waals surface area contributed by atoms with Crippen molar-refractivity contribution in [1.29, 1.82) is 0 Å². The smallest absolute Gasteiger partial charge is 0.0360 e. The topological polar surface area (TPSA) is 12.0 Å². The summed E-state index contributed by atoms with van der Waals surface area (Å²) < 4.78 is 1.13. The molecule has 1 nitrogen and oxygen atoms in total. The number of halogens is 1. The van der Waals surface area contributed by atoms with E-state index in [4.69, 9.17) is 0 Å². The molecule has 0 spiro atoms. The molecule has 19 heavy (non-hydrogen) atoms. The Bertz CT molecular complexity index is 519.